The first kappa shape index (κ1) is 19.5. The molecule has 27 heavy (non-hydrogen) atoms. The van der Waals surface area contributed by atoms with E-state index >= 15 is 0 Å². The number of alkyl halides is 2. The lowest BCUT2D eigenvalue weighted by Crippen LogP contribution is -2.46. The Labute approximate surface area is 157 Å². The molecule has 2 aliphatic heterocycles. The van der Waals surface area contributed by atoms with Crippen molar-refractivity contribution in [3.63, 3.8) is 0 Å². The molecule has 0 saturated carbocycles. The Morgan fingerprint density at radius 2 is 2.15 bits per heavy atom. The van der Waals surface area contributed by atoms with Gasteiger partial charge in [0.1, 0.15) is 5.75 Å². The van der Waals surface area contributed by atoms with Gasteiger partial charge in [0.15, 0.2) is 0 Å². The van der Waals surface area contributed by atoms with E-state index in [0.29, 0.717) is 25.2 Å². The average Bonchev–Trinajstić information content (AvgIpc) is 3.20. The van der Waals surface area contributed by atoms with E-state index in [-0.39, 0.29) is 29.5 Å². The number of halogens is 2. The van der Waals surface area contributed by atoms with Crippen LogP contribution in [0.15, 0.2) is 24.3 Å². The molecule has 148 valence electrons. The summed E-state index contributed by atoms with van der Waals surface area (Å²) in [6, 6.07) is 5.75. The van der Waals surface area contributed by atoms with Crippen molar-refractivity contribution in [3.05, 3.63) is 29.8 Å². The van der Waals surface area contributed by atoms with Crippen LogP contribution in [0.2, 0.25) is 0 Å². The molecular weight excluding hydrogens is 356 g/mol. The molecule has 0 radical (unpaired) electrons. The molecule has 2 saturated heterocycles. The summed E-state index contributed by atoms with van der Waals surface area (Å²) in [5.41, 5.74) is 0.327. The largest absolute Gasteiger partial charge is 0.435 e. The van der Waals surface area contributed by atoms with Gasteiger partial charge >= 0.3 is 6.61 Å². The highest BCUT2D eigenvalue weighted by atomic mass is 19.3. The molecule has 2 heterocycles. The normalized spacial score (nSPS) is 22.7. The van der Waals surface area contributed by atoms with Crippen LogP contribution in [-0.2, 0) is 4.79 Å². The standard InChI is InChI=1S/C19H25F2N3O3/c20-19(21)27-15-6-1-5-14(10-15)18(26)24-9-3-4-13(12-24)11-23-17(25)16-7-2-8-22-16/h1,5-6,10,13,16,19,22H,2-4,7-9,11-12H2,(H,23,25). The van der Waals surface area contributed by atoms with Crippen LogP contribution in [0.3, 0.4) is 0 Å². The zero-order valence-corrected chi connectivity index (χ0v) is 15.1. The molecular formula is C19H25F2N3O3. The van der Waals surface area contributed by atoms with Crippen LogP contribution in [-0.4, -0.2) is 55.5 Å². The fourth-order valence-electron chi connectivity index (χ4n) is 3.68. The van der Waals surface area contributed by atoms with Gasteiger partial charge in [-0.15, -0.1) is 0 Å². The fraction of sp³-hybridized carbons (Fsp3) is 0.579. The smallest absolute Gasteiger partial charge is 0.387 e. The first-order valence-corrected chi connectivity index (χ1v) is 9.38. The van der Waals surface area contributed by atoms with Crippen molar-refractivity contribution in [3.8, 4) is 5.75 Å². The number of piperidine rings is 1. The minimum atomic E-state index is -2.92. The predicted molar refractivity (Wildman–Crippen MR) is 95.7 cm³/mol. The van der Waals surface area contributed by atoms with Crippen LogP contribution >= 0.6 is 0 Å². The number of carbonyl (C=O) groups is 2. The van der Waals surface area contributed by atoms with Gasteiger partial charge in [-0.3, -0.25) is 9.59 Å². The monoisotopic (exact) mass is 381 g/mol. The second-order valence-electron chi connectivity index (χ2n) is 7.06. The maximum atomic E-state index is 12.7. The Morgan fingerprint density at radius 3 is 2.89 bits per heavy atom. The zero-order chi connectivity index (χ0) is 19.2. The number of hydrogen-bond donors (Lipinski definition) is 2. The summed E-state index contributed by atoms with van der Waals surface area (Å²) in [6.07, 6.45) is 3.66. The van der Waals surface area contributed by atoms with Crippen LogP contribution < -0.4 is 15.4 Å². The summed E-state index contributed by atoms with van der Waals surface area (Å²) in [6.45, 7) is -0.356. The van der Waals surface area contributed by atoms with Crippen LogP contribution in [0.1, 0.15) is 36.0 Å². The van der Waals surface area contributed by atoms with E-state index in [1.165, 1.54) is 18.2 Å². The van der Waals surface area contributed by atoms with Crippen LogP contribution in [0, 0.1) is 5.92 Å². The van der Waals surface area contributed by atoms with Crippen molar-refractivity contribution in [2.24, 2.45) is 5.92 Å². The first-order chi connectivity index (χ1) is 13.0. The number of likely N-dealkylation sites (tertiary alicyclic amines) is 1. The molecule has 2 aliphatic rings. The summed E-state index contributed by atoms with van der Waals surface area (Å²) < 4.78 is 29.1. The highest BCUT2D eigenvalue weighted by Gasteiger charge is 2.27. The van der Waals surface area contributed by atoms with Crippen molar-refractivity contribution >= 4 is 11.8 Å². The van der Waals surface area contributed by atoms with Gasteiger partial charge in [-0.2, -0.15) is 8.78 Å². The molecule has 2 amide bonds. The summed E-state index contributed by atoms with van der Waals surface area (Å²) in [5.74, 6) is -0.0229. The van der Waals surface area contributed by atoms with E-state index < -0.39 is 6.61 Å². The molecule has 2 atom stereocenters. The van der Waals surface area contributed by atoms with Gasteiger partial charge in [0.05, 0.1) is 6.04 Å². The number of nitrogens with zero attached hydrogens (tertiary/aromatic N) is 1. The second kappa shape index (κ2) is 9.12. The first-order valence-electron chi connectivity index (χ1n) is 9.38. The molecule has 0 aromatic heterocycles. The van der Waals surface area contributed by atoms with E-state index in [0.717, 1.165) is 32.2 Å². The minimum Gasteiger partial charge on any atom is -0.435 e. The fourth-order valence-corrected chi connectivity index (χ4v) is 3.68. The summed E-state index contributed by atoms with van der Waals surface area (Å²) >= 11 is 0. The topological polar surface area (TPSA) is 70.7 Å². The highest BCUT2D eigenvalue weighted by Crippen LogP contribution is 2.21. The van der Waals surface area contributed by atoms with E-state index in [4.69, 9.17) is 0 Å². The molecule has 8 heteroatoms. The third kappa shape index (κ3) is 5.38. The molecule has 2 unspecified atom stereocenters. The molecule has 1 aromatic rings. The summed E-state index contributed by atoms with van der Waals surface area (Å²) in [5, 5.41) is 6.15. The number of ether oxygens (including phenoxy) is 1. The van der Waals surface area contributed by atoms with E-state index in [9.17, 15) is 18.4 Å². The van der Waals surface area contributed by atoms with Gasteiger partial charge in [-0.1, -0.05) is 6.07 Å². The Hall–Kier alpha value is -2.22. The SMILES string of the molecule is O=C(NCC1CCCN(C(=O)c2cccc(OC(F)F)c2)C1)C1CCCN1. The Bertz CT molecular complexity index is 665. The lowest BCUT2D eigenvalue weighted by Gasteiger charge is -2.33. The Kier molecular flexibility index (Phi) is 6.60. The number of carbonyl (C=O) groups excluding carboxylic acids is 2. The molecule has 2 fully saturated rings. The minimum absolute atomic E-state index is 0.0211. The number of amides is 2. The van der Waals surface area contributed by atoms with Crippen molar-refractivity contribution in [2.45, 2.75) is 38.3 Å². The molecule has 0 aliphatic carbocycles. The van der Waals surface area contributed by atoms with Crippen LogP contribution in [0.25, 0.3) is 0 Å². The number of nitrogens with one attached hydrogen (secondary N) is 2. The molecule has 2 N–H and O–H groups in total. The highest BCUT2D eigenvalue weighted by molar-refractivity contribution is 5.94. The third-order valence-electron chi connectivity index (χ3n) is 5.05. The third-order valence-corrected chi connectivity index (χ3v) is 5.05. The Balaban J connectivity index is 1.54. The maximum Gasteiger partial charge on any atom is 0.387 e. The number of benzene rings is 1. The lowest BCUT2D eigenvalue weighted by atomic mass is 9.97. The van der Waals surface area contributed by atoms with Gasteiger partial charge in [-0.25, -0.2) is 0 Å². The molecule has 1 aromatic carbocycles. The summed E-state index contributed by atoms with van der Waals surface area (Å²) in [4.78, 5) is 26.6. The van der Waals surface area contributed by atoms with E-state index in [2.05, 4.69) is 15.4 Å². The molecule has 3 rings (SSSR count). The summed E-state index contributed by atoms with van der Waals surface area (Å²) in [7, 11) is 0. The van der Waals surface area contributed by atoms with Gasteiger partial charge in [-0.05, 0) is 56.3 Å². The van der Waals surface area contributed by atoms with Crippen molar-refractivity contribution in [1.82, 2.24) is 15.5 Å². The van der Waals surface area contributed by atoms with Gasteiger partial charge < -0.3 is 20.3 Å². The zero-order valence-electron chi connectivity index (χ0n) is 15.1. The van der Waals surface area contributed by atoms with Crippen LogP contribution in [0.4, 0.5) is 8.78 Å². The number of rotatable bonds is 6. The van der Waals surface area contributed by atoms with Crippen molar-refractivity contribution in [2.75, 3.05) is 26.2 Å². The van der Waals surface area contributed by atoms with Gasteiger partial charge in [0.2, 0.25) is 5.91 Å². The molecule has 0 bridgehead atoms. The van der Waals surface area contributed by atoms with Crippen molar-refractivity contribution < 1.29 is 23.1 Å². The van der Waals surface area contributed by atoms with Gasteiger partial charge in [0, 0.05) is 25.2 Å². The molecule has 6 nitrogen and oxygen atoms in total. The molecule has 0 spiro atoms. The predicted octanol–water partition coefficient (Wildman–Crippen LogP) is 2.01. The number of hydrogen-bond acceptors (Lipinski definition) is 4. The van der Waals surface area contributed by atoms with Crippen molar-refractivity contribution in [1.29, 1.82) is 0 Å². The Morgan fingerprint density at radius 1 is 1.30 bits per heavy atom. The van der Waals surface area contributed by atoms with Crippen LogP contribution in [0.5, 0.6) is 5.75 Å². The van der Waals surface area contributed by atoms with E-state index in [1.807, 2.05) is 0 Å². The lowest BCUT2D eigenvalue weighted by molar-refractivity contribution is -0.123. The maximum absolute atomic E-state index is 12.7. The van der Waals surface area contributed by atoms with Gasteiger partial charge in [0.25, 0.3) is 5.91 Å². The van der Waals surface area contributed by atoms with E-state index in [1.54, 1.807) is 11.0 Å². The quantitative estimate of drug-likeness (QED) is 0.791. The average molecular weight is 381 g/mol. The second-order valence-corrected chi connectivity index (χ2v) is 7.06.